The molecule has 28 heavy (non-hydrogen) atoms. The van der Waals surface area contributed by atoms with Crippen LogP contribution in [0.15, 0.2) is 58.3 Å². The summed E-state index contributed by atoms with van der Waals surface area (Å²) in [6.45, 7) is 4.77. The van der Waals surface area contributed by atoms with E-state index in [1.165, 1.54) is 19.3 Å². The quantitative estimate of drug-likeness (QED) is 0.685. The van der Waals surface area contributed by atoms with Crippen molar-refractivity contribution < 1.29 is 8.42 Å². The number of hydrogen-bond donors (Lipinski definition) is 0. The van der Waals surface area contributed by atoms with E-state index in [1.54, 1.807) is 30.5 Å². The van der Waals surface area contributed by atoms with Gasteiger partial charge in [0, 0.05) is 19.6 Å². The fourth-order valence-electron chi connectivity index (χ4n) is 3.46. The highest BCUT2D eigenvalue weighted by atomic mass is 32.2. The summed E-state index contributed by atoms with van der Waals surface area (Å²) in [5, 5.41) is 0. The zero-order valence-electron chi connectivity index (χ0n) is 16.8. The van der Waals surface area contributed by atoms with Crippen molar-refractivity contribution in [2.75, 3.05) is 42.9 Å². The fraction of sp³-hybridized carbons (Fsp3) is 0.429. The predicted octanol–water partition coefficient (Wildman–Crippen LogP) is 3.81. The summed E-state index contributed by atoms with van der Waals surface area (Å²) >= 11 is 0. The molecule has 0 radical (unpaired) electrons. The highest BCUT2D eigenvalue weighted by Crippen LogP contribution is 2.33. The molecule has 2 aromatic rings. The Labute approximate surface area is 173 Å². The van der Waals surface area contributed by atoms with Gasteiger partial charge in [0.25, 0.3) is 0 Å². The molecule has 7 heteroatoms. The van der Waals surface area contributed by atoms with Crippen LogP contribution in [-0.2, 0) is 22.0 Å². The summed E-state index contributed by atoms with van der Waals surface area (Å²) < 4.78 is 29.2. The first-order chi connectivity index (χ1) is 13.5. The number of hydrogen-bond acceptors (Lipinski definition) is 3. The number of benzene rings is 2. The lowest BCUT2D eigenvalue weighted by atomic mass is 10.1. The van der Waals surface area contributed by atoms with E-state index in [-0.39, 0.29) is 0 Å². The summed E-state index contributed by atoms with van der Waals surface area (Å²) in [4.78, 5) is 3.83. The molecule has 2 unspecified atom stereocenters. The first-order valence-electron chi connectivity index (χ1n) is 9.75. The number of piperidine rings is 1. The van der Waals surface area contributed by atoms with E-state index in [2.05, 4.69) is 23.1 Å². The molecule has 0 N–H and O–H groups in total. The monoisotopic (exact) mass is 419 g/mol. The maximum Gasteiger partial charge on any atom is 0.152 e. The molecule has 2 atom stereocenters. The molecule has 1 fully saturated rings. The van der Waals surface area contributed by atoms with E-state index in [4.69, 9.17) is 0 Å². The topological polar surface area (TPSA) is 43.9 Å². The van der Waals surface area contributed by atoms with Crippen LogP contribution < -0.4 is 9.21 Å². The highest BCUT2D eigenvalue weighted by molar-refractivity contribution is 7.86. The van der Waals surface area contributed by atoms with Gasteiger partial charge in [0.05, 0.1) is 21.2 Å². The van der Waals surface area contributed by atoms with Gasteiger partial charge in [-0.3, -0.25) is 4.31 Å². The lowest BCUT2D eigenvalue weighted by Crippen LogP contribution is -2.33. The standard InChI is InChI=1S/C21H29N3O2S2/c1-4-24(21-11-7-6-10-20(21)23-16-8-5-9-17-23)28(26)19-14-12-18(13-15-19)27(25)22(2)3/h6-7,10-15H,4-5,8-9,16-17H2,1-3H3. The average molecular weight is 420 g/mol. The van der Waals surface area contributed by atoms with Crippen molar-refractivity contribution in [3.05, 3.63) is 48.5 Å². The fourth-order valence-corrected chi connectivity index (χ4v) is 5.45. The molecule has 2 aromatic carbocycles. The molecule has 0 spiro atoms. The Hall–Kier alpha value is -1.70. The highest BCUT2D eigenvalue weighted by Gasteiger charge is 2.21. The zero-order chi connectivity index (χ0) is 20.1. The van der Waals surface area contributed by atoms with Crippen molar-refractivity contribution in [1.82, 2.24) is 4.31 Å². The van der Waals surface area contributed by atoms with E-state index in [0.29, 0.717) is 11.4 Å². The van der Waals surface area contributed by atoms with Crippen LogP contribution in [0.2, 0.25) is 0 Å². The van der Waals surface area contributed by atoms with E-state index >= 15 is 0 Å². The van der Waals surface area contributed by atoms with Gasteiger partial charge < -0.3 is 4.90 Å². The van der Waals surface area contributed by atoms with Gasteiger partial charge in [-0.05, 0) is 76.7 Å². The Kier molecular flexibility index (Phi) is 7.26. The van der Waals surface area contributed by atoms with Crippen LogP contribution in [0.4, 0.5) is 11.4 Å². The van der Waals surface area contributed by atoms with Gasteiger partial charge in [-0.15, -0.1) is 0 Å². The lowest BCUT2D eigenvalue weighted by molar-refractivity contribution is 0.578. The lowest BCUT2D eigenvalue weighted by Gasteiger charge is -2.33. The summed E-state index contributed by atoms with van der Waals surface area (Å²) in [6.07, 6.45) is 3.69. The summed E-state index contributed by atoms with van der Waals surface area (Å²) in [5.74, 6) is 0. The molecule has 0 amide bonds. The Bertz CT molecular complexity index is 834. The number of nitrogens with zero attached hydrogens (tertiary/aromatic N) is 3. The molecular weight excluding hydrogens is 390 g/mol. The largest absolute Gasteiger partial charge is 0.370 e. The van der Waals surface area contributed by atoms with Crippen molar-refractivity contribution in [1.29, 1.82) is 0 Å². The third-order valence-electron chi connectivity index (χ3n) is 4.89. The molecule has 3 rings (SSSR count). The normalized spacial score (nSPS) is 16.8. The number of para-hydroxylation sites is 2. The minimum atomic E-state index is -1.33. The number of rotatable bonds is 7. The van der Waals surface area contributed by atoms with Crippen molar-refractivity contribution in [3.63, 3.8) is 0 Å². The van der Waals surface area contributed by atoms with Gasteiger partial charge >= 0.3 is 0 Å². The molecule has 1 heterocycles. The molecule has 0 bridgehead atoms. The van der Waals surface area contributed by atoms with E-state index in [9.17, 15) is 8.42 Å². The van der Waals surface area contributed by atoms with E-state index in [1.807, 2.05) is 29.4 Å². The number of anilines is 2. The molecule has 0 aromatic heterocycles. The van der Waals surface area contributed by atoms with Crippen LogP contribution in [0.25, 0.3) is 0 Å². The minimum Gasteiger partial charge on any atom is -0.370 e. The Morgan fingerprint density at radius 1 is 0.857 bits per heavy atom. The van der Waals surface area contributed by atoms with Gasteiger partial charge in [0.15, 0.2) is 11.0 Å². The van der Waals surface area contributed by atoms with Crippen molar-refractivity contribution in [2.24, 2.45) is 0 Å². The van der Waals surface area contributed by atoms with Crippen LogP contribution in [-0.4, -0.2) is 46.5 Å². The van der Waals surface area contributed by atoms with Crippen molar-refractivity contribution >= 4 is 33.3 Å². The van der Waals surface area contributed by atoms with Gasteiger partial charge in [-0.2, -0.15) is 0 Å². The van der Waals surface area contributed by atoms with Gasteiger partial charge in [-0.1, -0.05) is 12.1 Å². The summed E-state index contributed by atoms with van der Waals surface area (Å²) in [7, 11) is 1.03. The molecule has 0 aliphatic carbocycles. The van der Waals surface area contributed by atoms with Crippen LogP contribution in [0.5, 0.6) is 0 Å². The first kappa shape index (κ1) is 21.0. The Morgan fingerprint density at radius 3 is 2.00 bits per heavy atom. The van der Waals surface area contributed by atoms with Crippen LogP contribution in [0.3, 0.4) is 0 Å². The second-order valence-corrected chi connectivity index (χ2v) is 10.1. The molecule has 0 saturated carbocycles. The molecule has 5 nitrogen and oxygen atoms in total. The van der Waals surface area contributed by atoms with Crippen LogP contribution >= 0.6 is 0 Å². The summed E-state index contributed by atoms with van der Waals surface area (Å²) in [6, 6.07) is 15.5. The molecular formula is C21H29N3O2S2. The summed E-state index contributed by atoms with van der Waals surface area (Å²) in [5.41, 5.74) is 2.16. The van der Waals surface area contributed by atoms with Crippen LogP contribution in [0, 0.1) is 0 Å². The van der Waals surface area contributed by atoms with E-state index < -0.39 is 22.0 Å². The zero-order valence-corrected chi connectivity index (χ0v) is 18.5. The van der Waals surface area contributed by atoms with Gasteiger partial charge in [-0.25, -0.2) is 12.7 Å². The van der Waals surface area contributed by atoms with Gasteiger partial charge in [0.1, 0.15) is 11.0 Å². The second-order valence-electron chi connectivity index (χ2n) is 7.01. The second kappa shape index (κ2) is 9.67. The minimum absolute atomic E-state index is 0.642. The van der Waals surface area contributed by atoms with Crippen LogP contribution in [0.1, 0.15) is 26.2 Å². The van der Waals surface area contributed by atoms with Crippen molar-refractivity contribution in [3.8, 4) is 0 Å². The molecule has 152 valence electrons. The third-order valence-corrected chi connectivity index (χ3v) is 7.76. The Morgan fingerprint density at radius 2 is 1.43 bits per heavy atom. The Balaban J connectivity index is 1.87. The molecule has 1 saturated heterocycles. The molecule has 1 aliphatic heterocycles. The third kappa shape index (κ3) is 4.64. The maximum absolute atomic E-state index is 13.4. The molecule has 1 aliphatic rings. The average Bonchev–Trinajstić information content (AvgIpc) is 2.74. The SMILES string of the molecule is CCN(c1ccccc1N1CCCCC1)S(=O)c1ccc(S(=O)N(C)C)cc1. The first-order valence-corrected chi connectivity index (χ1v) is 12.0. The van der Waals surface area contributed by atoms with Gasteiger partial charge in [0.2, 0.25) is 0 Å². The van der Waals surface area contributed by atoms with Crippen molar-refractivity contribution in [2.45, 2.75) is 36.0 Å². The predicted molar refractivity (Wildman–Crippen MR) is 118 cm³/mol. The maximum atomic E-state index is 13.4. The van der Waals surface area contributed by atoms with E-state index in [0.717, 1.165) is 29.4 Å². The smallest absolute Gasteiger partial charge is 0.152 e.